The van der Waals surface area contributed by atoms with Gasteiger partial charge < -0.3 is 25.5 Å². The molecule has 1 fully saturated rings. The molecule has 0 saturated carbocycles. The van der Waals surface area contributed by atoms with Gasteiger partial charge in [0.2, 0.25) is 17.7 Å². The van der Waals surface area contributed by atoms with Gasteiger partial charge in [-0.15, -0.1) is 0 Å². The molecule has 0 bridgehead atoms. The predicted molar refractivity (Wildman–Crippen MR) is 138 cm³/mol. The summed E-state index contributed by atoms with van der Waals surface area (Å²) >= 11 is 0. The highest BCUT2D eigenvalue weighted by atomic mass is 16.3. The van der Waals surface area contributed by atoms with Gasteiger partial charge in [0.1, 0.15) is 6.04 Å². The average Bonchev–Trinajstić information content (AvgIpc) is 3.15. The predicted octanol–water partition coefficient (Wildman–Crippen LogP) is 2.65. The highest BCUT2D eigenvalue weighted by Crippen LogP contribution is 2.45. The number of nitrogens with zero attached hydrogens (tertiary/aromatic N) is 2. The average molecular weight is 485 g/mol. The van der Waals surface area contributed by atoms with E-state index in [9.17, 15) is 19.5 Å². The number of fused-ring (bicyclic) bond motifs is 1. The van der Waals surface area contributed by atoms with Gasteiger partial charge in [-0.3, -0.25) is 14.4 Å². The summed E-state index contributed by atoms with van der Waals surface area (Å²) in [5.74, 6) is -2.15. The quantitative estimate of drug-likeness (QED) is 0.419. The van der Waals surface area contributed by atoms with Crippen molar-refractivity contribution in [1.82, 2.24) is 10.2 Å². The van der Waals surface area contributed by atoms with Crippen molar-refractivity contribution in [2.45, 2.75) is 46.1 Å². The summed E-state index contributed by atoms with van der Waals surface area (Å²) in [6.45, 7) is 8.25. The lowest BCUT2D eigenvalue weighted by Gasteiger charge is -2.34. The summed E-state index contributed by atoms with van der Waals surface area (Å²) in [5.41, 5.74) is 1.75. The van der Waals surface area contributed by atoms with Crippen LogP contribution in [0.25, 0.3) is 0 Å². The molecule has 1 aromatic carbocycles. The highest BCUT2D eigenvalue weighted by Gasteiger charge is 2.56. The van der Waals surface area contributed by atoms with Crippen molar-refractivity contribution < 1.29 is 19.5 Å². The fraction of sp³-hybridized carbons (Fsp3) is 0.593. The van der Waals surface area contributed by atoms with E-state index in [-0.39, 0.29) is 36.8 Å². The van der Waals surface area contributed by atoms with Gasteiger partial charge in [0.25, 0.3) is 0 Å². The Morgan fingerprint density at radius 3 is 2.31 bits per heavy atom. The van der Waals surface area contributed by atoms with Gasteiger partial charge >= 0.3 is 0 Å². The Kier molecular flexibility index (Phi) is 9.32. The van der Waals surface area contributed by atoms with Crippen molar-refractivity contribution in [2.75, 3.05) is 43.5 Å². The number of likely N-dealkylation sites (tertiary alicyclic amines) is 1. The zero-order chi connectivity index (χ0) is 25.5. The molecule has 1 aliphatic carbocycles. The van der Waals surface area contributed by atoms with Gasteiger partial charge in [-0.2, -0.15) is 0 Å². The first-order valence-corrected chi connectivity index (χ1v) is 12.9. The van der Waals surface area contributed by atoms with Crippen LogP contribution in [0.5, 0.6) is 0 Å². The molecule has 0 unspecified atom stereocenters. The van der Waals surface area contributed by atoms with E-state index in [1.165, 1.54) is 0 Å². The van der Waals surface area contributed by atoms with Crippen molar-refractivity contribution in [3.8, 4) is 0 Å². The normalized spacial score (nSPS) is 25.3. The molecule has 1 saturated heterocycles. The first kappa shape index (κ1) is 26.7. The number of carbonyl (C=O) groups is 3. The van der Waals surface area contributed by atoms with Gasteiger partial charge in [-0.1, -0.05) is 25.5 Å². The van der Waals surface area contributed by atoms with Crippen LogP contribution < -0.4 is 15.5 Å². The number of aliphatic hydroxyl groups excluding tert-OH is 1. The SMILES string of the molecule is CCC[C@@H]1C=C[C@H]2[C@@H](C(=O)N(CCCO)[C@@H]2C(=O)Nc2ccc(N(CC)CC)cc2)[C@@H]1C(=O)NC. The molecule has 0 aromatic heterocycles. The molecule has 3 amide bonds. The molecule has 1 heterocycles. The largest absolute Gasteiger partial charge is 0.396 e. The van der Waals surface area contributed by atoms with Crippen LogP contribution in [0, 0.1) is 23.7 Å². The second kappa shape index (κ2) is 12.2. The number of hydrogen-bond donors (Lipinski definition) is 3. The lowest BCUT2D eigenvalue weighted by atomic mass is 9.68. The zero-order valence-corrected chi connectivity index (χ0v) is 21.4. The van der Waals surface area contributed by atoms with Crippen LogP contribution in [-0.2, 0) is 14.4 Å². The van der Waals surface area contributed by atoms with E-state index < -0.39 is 23.8 Å². The van der Waals surface area contributed by atoms with E-state index in [1.54, 1.807) is 11.9 Å². The van der Waals surface area contributed by atoms with E-state index in [0.29, 0.717) is 12.1 Å². The minimum absolute atomic E-state index is 0.0423. The second-order valence-corrected chi connectivity index (χ2v) is 9.34. The van der Waals surface area contributed by atoms with Crippen LogP contribution >= 0.6 is 0 Å². The molecule has 0 radical (unpaired) electrons. The minimum Gasteiger partial charge on any atom is -0.396 e. The molecule has 3 N–H and O–H groups in total. The number of benzene rings is 1. The topological polar surface area (TPSA) is 102 Å². The maximum Gasteiger partial charge on any atom is 0.247 e. The van der Waals surface area contributed by atoms with Gasteiger partial charge in [0.05, 0.1) is 11.8 Å². The Balaban J connectivity index is 1.89. The first-order valence-electron chi connectivity index (χ1n) is 12.9. The van der Waals surface area contributed by atoms with Gasteiger partial charge in [-0.05, 0) is 56.9 Å². The van der Waals surface area contributed by atoms with Crippen molar-refractivity contribution in [2.24, 2.45) is 23.7 Å². The van der Waals surface area contributed by atoms with Crippen LogP contribution in [0.2, 0.25) is 0 Å². The third-order valence-corrected chi connectivity index (χ3v) is 7.37. The van der Waals surface area contributed by atoms with Gasteiger partial charge in [-0.25, -0.2) is 0 Å². The number of hydrogen-bond acceptors (Lipinski definition) is 5. The van der Waals surface area contributed by atoms with Gasteiger partial charge in [0, 0.05) is 50.6 Å². The molecule has 5 atom stereocenters. The van der Waals surface area contributed by atoms with Crippen LogP contribution in [0.4, 0.5) is 11.4 Å². The lowest BCUT2D eigenvalue weighted by Crippen LogP contribution is -2.45. The van der Waals surface area contributed by atoms with Crippen molar-refractivity contribution in [3.05, 3.63) is 36.4 Å². The summed E-state index contributed by atoms with van der Waals surface area (Å²) in [5, 5.41) is 15.1. The number of rotatable bonds is 11. The smallest absolute Gasteiger partial charge is 0.247 e. The molecule has 1 aliphatic heterocycles. The molecule has 35 heavy (non-hydrogen) atoms. The summed E-state index contributed by atoms with van der Waals surface area (Å²) in [6, 6.07) is 6.98. The second-order valence-electron chi connectivity index (χ2n) is 9.34. The summed E-state index contributed by atoms with van der Waals surface area (Å²) in [7, 11) is 1.59. The number of carbonyl (C=O) groups excluding carboxylic acids is 3. The van der Waals surface area contributed by atoms with Crippen molar-refractivity contribution in [3.63, 3.8) is 0 Å². The van der Waals surface area contributed by atoms with Crippen LogP contribution in [0.15, 0.2) is 36.4 Å². The first-order chi connectivity index (χ1) is 16.9. The Labute approximate surface area is 208 Å². The molecule has 8 nitrogen and oxygen atoms in total. The highest BCUT2D eigenvalue weighted by molar-refractivity contribution is 6.02. The van der Waals surface area contributed by atoms with E-state index in [0.717, 1.165) is 31.6 Å². The van der Waals surface area contributed by atoms with Crippen LogP contribution in [-0.4, -0.2) is 67.1 Å². The Morgan fingerprint density at radius 1 is 1.06 bits per heavy atom. The fourth-order valence-corrected chi connectivity index (χ4v) is 5.67. The number of allylic oxidation sites excluding steroid dienone is 1. The summed E-state index contributed by atoms with van der Waals surface area (Å²) in [4.78, 5) is 43.9. The van der Waals surface area contributed by atoms with E-state index in [2.05, 4.69) is 36.3 Å². The Hall–Kier alpha value is -2.87. The third-order valence-electron chi connectivity index (χ3n) is 7.37. The fourth-order valence-electron chi connectivity index (χ4n) is 5.67. The van der Waals surface area contributed by atoms with Crippen LogP contribution in [0.1, 0.15) is 40.0 Å². The molecule has 3 rings (SSSR count). The molecule has 192 valence electrons. The molecular formula is C27H40N4O4. The molecule has 1 aromatic rings. The summed E-state index contributed by atoms with van der Waals surface area (Å²) < 4.78 is 0. The monoisotopic (exact) mass is 484 g/mol. The molecule has 2 aliphatic rings. The third kappa shape index (κ3) is 5.53. The number of nitrogens with one attached hydrogen (secondary N) is 2. The summed E-state index contributed by atoms with van der Waals surface area (Å²) in [6.07, 6.45) is 6.06. The number of aliphatic hydroxyl groups is 1. The van der Waals surface area contributed by atoms with E-state index in [1.807, 2.05) is 36.4 Å². The number of amides is 3. The standard InChI is InChI=1S/C27H40N4O4/c1-5-9-18-10-15-21-23(22(18)25(33)28-4)27(35)31(16-8-17-32)24(21)26(34)29-19-11-13-20(14-12-19)30(6-2)7-3/h10-15,18,21-24,32H,5-9,16-17H2,1-4H3,(H,28,33)(H,29,34)/t18-,21+,22-,23-,24+/m1/s1. The Morgan fingerprint density at radius 2 is 1.74 bits per heavy atom. The maximum atomic E-state index is 13.6. The minimum atomic E-state index is -0.729. The van der Waals surface area contributed by atoms with Crippen molar-refractivity contribution in [1.29, 1.82) is 0 Å². The van der Waals surface area contributed by atoms with Crippen LogP contribution in [0.3, 0.4) is 0 Å². The van der Waals surface area contributed by atoms with E-state index >= 15 is 0 Å². The zero-order valence-electron chi connectivity index (χ0n) is 21.4. The molecule has 8 heteroatoms. The van der Waals surface area contributed by atoms with Gasteiger partial charge in [0.15, 0.2) is 0 Å². The van der Waals surface area contributed by atoms with Crippen molar-refractivity contribution >= 4 is 29.1 Å². The molecular weight excluding hydrogens is 444 g/mol. The Bertz CT molecular complexity index is 912. The van der Waals surface area contributed by atoms with E-state index in [4.69, 9.17) is 0 Å². The molecule has 0 spiro atoms. The number of anilines is 2. The maximum absolute atomic E-state index is 13.6. The lowest BCUT2D eigenvalue weighted by molar-refractivity contribution is -0.140.